The molecule has 8 nitrogen and oxygen atoms in total. The number of carbonyl (C=O) groups excluding carboxylic acids is 1. The van der Waals surface area contributed by atoms with Crippen LogP contribution in [-0.4, -0.2) is 117 Å². The quantitative estimate of drug-likeness (QED) is 0.397. The Morgan fingerprint density at radius 1 is 0.941 bits per heavy atom. The number of hydrogen-bond acceptors (Lipinski definition) is 7. The zero-order valence-electron chi connectivity index (χ0n) is 21.6. The van der Waals surface area contributed by atoms with Crippen molar-refractivity contribution in [2.45, 2.75) is 28.4 Å². The SMILES string of the molecule is BC1(B)OC(B)(B)C(B)(B)N(CC(=O)Nc2cc3cc(-c4cnc(C)o4)cnc3cn2)C1(B)B. The topological polar surface area (TPSA) is 93.4 Å². The Morgan fingerprint density at radius 2 is 1.59 bits per heavy atom. The molecule has 0 spiro atoms. The molecule has 0 radical (unpaired) electrons. The second-order valence-electron chi connectivity index (χ2n) is 11.1. The van der Waals surface area contributed by atoms with Crippen molar-refractivity contribution < 1.29 is 13.9 Å². The van der Waals surface area contributed by atoms with Gasteiger partial charge in [-0.3, -0.25) is 9.78 Å². The largest absolute Gasteiger partial charge is 0.441 e. The van der Waals surface area contributed by atoms with Crippen molar-refractivity contribution in [3.63, 3.8) is 0 Å². The number of aryl methyl sites for hydroxylation is 1. The molecule has 0 aromatic carbocycles. The number of nitrogens with one attached hydrogen (secondary N) is 1. The van der Waals surface area contributed by atoms with Gasteiger partial charge in [0.05, 0.1) is 24.5 Å². The summed E-state index contributed by atoms with van der Waals surface area (Å²) in [7, 11) is 16.9. The summed E-state index contributed by atoms with van der Waals surface area (Å²) in [6.45, 7) is 2.01. The highest BCUT2D eigenvalue weighted by Crippen LogP contribution is 2.39. The van der Waals surface area contributed by atoms with E-state index in [-0.39, 0.29) is 23.1 Å². The minimum atomic E-state index is -0.450. The van der Waals surface area contributed by atoms with Gasteiger partial charge >= 0.3 is 0 Å². The highest BCUT2D eigenvalue weighted by molar-refractivity contribution is 6.59. The minimum absolute atomic E-state index is 0.128. The molecule has 0 bridgehead atoms. The maximum atomic E-state index is 13.2. The maximum Gasteiger partial charge on any atom is 0.239 e. The molecule has 0 saturated carbocycles. The molecule has 1 aliphatic rings. The van der Waals surface area contributed by atoms with Crippen LogP contribution in [0.25, 0.3) is 22.2 Å². The monoisotopic (exact) mass is 449 g/mol. The first-order chi connectivity index (χ1) is 15.6. The molecule has 1 amide bonds. The summed E-state index contributed by atoms with van der Waals surface area (Å²) in [6, 6.07) is 3.79. The summed E-state index contributed by atoms with van der Waals surface area (Å²) in [5, 5.41) is 2.17. The first kappa shape index (κ1) is 24.8. The van der Waals surface area contributed by atoms with Crippen LogP contribution >= 0.6 is 0 Å². The molecule has 0 aliphatic carbocycles. The number of oxazole rings is 1. The molecule has 1 aliphatic heterocycles. The van der Waals surface area contributed by atoms with Gasteiger partial charge in [0.15, 0.2) is 11.7 Å². The number of ether oxygens (including phenoxy) is 1. The zero-order chi connectivity index (χ0) is 25.1. The van der Waals surface area contributed by atoms with Gasteiger partial charge in [-0.05, 0) is 22.8 Å². The minimum Gasteiger partial charge on any atom is -0.441 e. The van der Waals surface area contributed by atoms with E-state index in [0.29, 0.717) is 17.5 Å². The maximum absolute atomic E-state index is 13.2. The molecule has 4 rings (SSSR count). The number of fused-ring (bicyclic) bond motifs is 1. The first-order valence-corrected chi connectivity index (χ1v) is 11.6. The van der Waals surface area contributed by atoms with Gasteiger partial charge in [0.25, 0.3) is 0 Å². The average Bonchev–Trinajstić information content (AvgIpc) is 3.16. The lowest BCUT2D eigenvalue weighted by molar-refractivity contribution is -0.131. The predicted molar refractivity (Wildman–Crippen MR) is 155 cm³/mol. The van der Waals surface area contributed by atoms with Crippen molar-refractivity contribution in [3.05, 3.63) is 36.6 Å². The van der Waals surface area contributed by atoms with Gasteiger partial charge in [-0.1, -0.05) is 0 Å². The van der Waals surface area contributed by atoms with Gasteiger partial charge in [-0.15, -0.1) is 0 Å². The smallest absolute Gasteiger partial charge is 0.239 e. The van der Waals surface area contributed by atoms with E-state index in [1.54, 1.807) is 25.5 Å². The Kier molecular flexibility index (Phi) is 5.92. The van der Waals surface area contributed by atoms with Crippen molar-refractivity contribution in [1.29, 1.82) is 0 Å². The molecule has 4 heterocycles. The van der Waals surface area contributed by atoms with E-state index < -0.39 is 10.8 Å². The summed E-state index contributed by atoms with van der Waals surface area (Å²) < 4.78 is 12.1. The Bertz CT molecular complexity index is 1240. The van der Waals surface area contributed by atoms with E-state index >= 15 is 0 Å². The Labute approximate surface area is 207 Å². The van der Waals surface area contributed by atoms with Crippen LogP contribution in [0.4, 0.5) is 5.82 Å². The van der Waals surface area contributed by atoms with E-state index in [1.165, 1.54) is 0 Å². The molecular weight excluding hydrogens is 421 g/mol. The lowest BCUT2D eigenvalue weighted by Crippen LogP contribution is -2.86. The van der Waals surface area contributed by atoms with Gasteiger partial charge in [0.1, 0.15) is 68.6 Å². The van der Waals surface area contributed by atoms with Crippen molar-refractivity contribution in [2.24, 2.45) is 0 Å². The third-order valence-electron chi connectivity index (χ3n) is 7.85. The summed E-state index contributed by atoms with van der Waals surface area (Å²) >= 11 is 0. The molecule has 1 fully saturated rings. The molecule has 0 unspecified atom stereocenters. The van der Waals surface area contributed by atoms with Gasteiger partial charge < -0.3 is 19.4 Å². The van der Waals surface area contributed by atoms with Crippen LogP contribution in [-0.2, 0) is 9.53 Å². The third-order valence-corrected chi connectivity index (χ3v) is 7.85. The lowest BCUT2D eigenvalue weighted by atomic mass is 9.30. The van der Waals surface area contributed by atoms with Crippen LogP contribution in [0, 0.1) is 6.92 Å². The van der Waals surface area contributed by atoms with E-state index in [1.807, 2.05) is 12.1 Å². The number of amides is 1. The fourth-order valence-electron chi connectivity index (χ4n) is 4.69. The van der Waals surface area contributed by atoms with Crippen LogP contribution in [0.3, 0.4) is 0 Å². The third kappa shape index (κ3) is 4.15. The zero-order valence-corrected chi connectivity index (χ0v) is 21.6. The Hall–Kier alpha value is -2.32. The number of morpholine rings is 1. The average molecular weight is 448 g/mol. The Balaban J connectivity index is 1.58. The van der Waals surface area contributed by atoms with E-state index in [2.05, 4.69) is 87.9 Å². The molecule has 0 atom stereocenters. The first-order valence-electron chi connectivity index (χ1n) is 11.6. The number of aromatic nitrogens is 3. The molecule has 16 heteroatoms. The number of anilines is 1. The summed E-state index contributed by atoms with van der Waals surface area (Å²) in [6.07, 6.45) is 5.07. The molecule has 166 valence electrons. The van der Waals surface area contributed by atoms with Gasteiger partial charge in [0, 0.05) is 34.9 Å². The normalized spacial score (nSPS) is 20.6. The van der Waals surface area contributed by atoms with Crippen LogP contribution in [0.2, 0.25) is 0 Å². The van der Waals surface area contributed by atoms with Crippen molar-refractivity contribution in [2.75, 3.05) is 11.9 Å². The molecule has 3 aromatic heterocycles. The number of pyridine rings is 2. The van der Waals surface area contributed by atoms with Crippen LogP contribution in [0.5, 0.6) is 0 Å². The molecule has 34 heavy (non-hydrogen) atoms. The van der Waals surface area contributed by atoms with Crippen molar-refractivity contribution >= 4 is 85.4 Å². The fraction of sp³-hybridized carbons (Fsp3) is 0.333. The second-order valence-corrected chi connectivity index (χ2v) is 11.1. The highest BCUT2D eigenvalue weighted by atomic mass is 16.5. The lowest BCUT2D eigenvalue weighted by Gasteiger charge is -2.68. The highest BCUT2D eigenvalue weighted by Gasteiger charge is 2.58. The van der Waals surface area contributed by atoms with Crippen molar-refractivity contribution in [3.8, 4) is 11.3 Å². The standard InChI is InChI=1S/C18H27B8N5O3/c1-8-27-6-12(33-8)10-2-9-3-13(29-5-11(9)28-4-10)30-14(32)7-31-15(19,20)17(23,24)34-18(25,26)16(31,21)22/h2-6H,7,19-26H2,1H3,(H,29,30,32). The van der Waals surface area contributed by atoms with Crippen LogP contribution < -0.4 is 5.32 Å². The van der Waals surface area contributed by atoms with Crippen molar-refractivity contribution in [1.82, 2.24) is 19.9 Å². The predicted octanol–water partition coefficient (Wildman–Crippen LogP) is -6.46. The molecule has 3 aromatic rings. The number of carbonyl (C=O) groups is 1. The van der Waals surface area contributed by atoms with Gasteiger partial charge in [-0.25, -0.2) is 9.97 Å². The van der Waals surface area contributed by atoms with Gasteiger partial charge in [-0.2, -0.15) is 0 Å². The van der Waals surface area contributed by atoms with Crippen LogP contribution in [0.1, 0.15) is 5.89 Å². The molecule has 1 N–H and O–H groups in total. The summed E-state index contributed by atoms with van der Waals surface area (Å²) in [4.78, 5) is 28.5. The second kappa shape index (κ2) is 8.12. The van der Waals surface area contributed by atoms with Crippen LogP contribution in [0.15, 0.2) is 35.1 Å². The fourth-order valence-corrected chi connectivity index (χ4v) is 4.69. The van der Waals surface area contributed by atoms with Gasteiger partial charge in [0.2, 0.25) is 5.91 Å². The number of hydrogen-bond donors (Lipinski definition) is 1. The number of nitrogens with zero attached hydrogens (tertiary/aromatic N) is 4. The summed E-state index contributed by atoms with van der Waals surface area (Å²) in [5.74, 6) is 1.60. The van der Waals surface area contributed by atoms with E-state index in [9.17, 15) is 4.79 Å². The molecule has 1 saturated heterocycles. The van der Waals surface area contributed by atoms with E-state index in [0.717, 1.165) is 16.5 Å². The molecular formula is C18H27B8N5O3. The number of rotatable bonds is 4. The Morgan fingerprint density at radius 3 is 2.18 bits per heavy atom. The van der Waals surface area contributed by atoms with E-state index in [4.69, 9.17) is 9.15 Å². The summed E-state index contributed by atoms with van der Waals surface area (Å²) in [5.41, 5.74) is 1.55.